The SMILES string of the molecule is NCc1cc(F)nc(C=O)c1C(F)F. The van der Waals surface area contributed by atoms with Crippen molar-refractivity contribution in [1.29, 1.82) is 0 Å². The van der Waals surface area contributed by atoms with Gasteiger partial charge < -0.3 is 5.73 Å². The Hall–Kier alpha value is -1.43. The quantitative estimate of drug-likeness (QED) is 0.598. The molecule has 1 heterocycles. The summed E-state index contributed by atoms with van der Waals surface area (Å²) in [6.45, 7) is -0.264. The molecule has 0 saturated heterocycles. The van der Waals surface area contributed by atoms with E-state index in [1.54, 1.807) is 0 Å². The molecule has 1 rings (SSSR count). The van der Waals surface area contributed by atoms with Gasteiger partial charge in [-0.05, 0) is 11.6 Å². The Morgan fingerprint density at radius 1 is 1.57 bits per heavy atom. The topological polar surface area (TPSA) is 56.0 Å². The number of hydrogen-bond acceptors (Lipinski definition) is 3. The molecule has 2 N–H and O–H groups in total. The summed E-state index contributed by atoms with van der Waals surface area (Å²) >= 11 is 0. The Balaban J connectivity index is 3.40. The van der Waals surface area contributed by atoms with E-state index in [4.69, 9.17) is 5.73 Å². The number of rotatable bonds is 3. The van der Waals surface area contributed by atoms with Crippen LogP contribution in [0.5, 0.6) is 0 Å². The molecule has 0 aliphatic heterocycles. The molecule has 3 nitrogen and oxygen atoms in total. The summed E-state index contributed by atoms with van der Waals surface area (Å²) in [4.78, 5) is 13.4. The van der Waals surface area contributed by atoms with Gasteiger partial charge >= 0.3 is 0 Å². The highest BCUT2D eigenvalue weighted by Crippen LogP contribution is 2.25. The lowest BCUT2D eigenvalue weighted by Gasteiger charge is -2.08. The minimum Gasteiger partial charge on any atom is -0.326 e. The van der Waals surface area contributed by atoms with Gasteiger partial charge in [0.15, 0.2) is 6.29 Å². The summed E-state index contributed by atoms with van der Waals surface area (Å²) in [6.07, 6.45) is -2.80. The number of aldehydes is 1. The zero-order valence-corrected chi connectivity index (χ0v) is 7.01. The number of halogens is 3. The van der Waals surface area contributed by atoms with Crippen molar-refractivity contribution in [2.24, 2.45) is 5.73 Å². The maximum Gasteiger partial charge on any atom is 0.266 e. The van der Waals surface area contributed by atoms with Crippen LogP contribution in [-0.2, 0) is 6.54 Å². The minimum absolute atomic E-state index is 0.0870. The van der Waals surface area contributed by atoms with Crippen molar-refractivity contribution in [3.8, 4) is 0 Å². The van der Waals surface area contributed by atoms with Crippen LogP contribution in [0, 0.1) is 5.95 Å². The minimum atomic E-state index is -2.89. The zero-order valence-electron chi connectivity index (χ0n) is 7.01. The Labute approximate surface area is 77.7 Å². The lowest BCUT2D eigenvalue weighted by molar-refractivity contribution is 0.110. The van der Waals surface area contributed by atoms with Crippen molar-refractivity contribution in [2.45, 2.75) is 13.0 Å². The summed E-state index contributed by atoms with van der Waals surface area (Å²) in [6, 6.07) is 0.800. The van der Waals surface area contributed by atoms with Gasteiger partial charge in [0, 0.05) is 6.54 Å². The molecular weight excluding hydrogens is 197 g/mol. The number of pyridine rings is 1. The number of alkyl halides is 2. The summed E-state index contributed by atoms with van der Waals surface area (Å²) in [5.41, 5.74) is 3.84. The number of carbonyl (C=O) groups excluding carboxylic acids is 1. The van der Waals surface area contributed by atoms with Crippen LogP contribution >= 0.6 is 0 Å². The van der Waals surface area contributed by atoms with Crippen molar-refractivity contribution in [1.82, 2.24) is 4.98 Å². The fraction of sp³-hybridized carbons (Fsp3) is 0.250. The Morgan fingerprint density at radius 3 is 2.64 bits per heavy atom. The van der Waals surface area contributed by atoms with Gasteiger partial charge in [-0.2, -0.15) is 4.39 Å². The summed E-state index contributed by atoms with van der Waals surface area (Å²) in [5.74, 6) is -0.989. The molecule has 0 bridgehead atoms. The fourth-order valence-corrected chi connectivity index (χ4v) is 1.10. The molecule has 0 aliphatic carbocycles. The van der Waals surface area contributed by atoms with E-state index >= 15 is 0 Å². The second kappa shape index (κ2) is 4.19. The van der Waals surface area contributed by atoms with Crippen LogP contribution in [0.4, 0.5) is 13.2 Å². The van der Waals surface area contributed by atoms with Crippen LogP contribution in [0.15, 0.2) is 6.07 Å². The molecule has 0 saturated carbocycles. The number of hydrogen-bond donors (Lipinski definition) is 1. The molecule has 0 radical (unpaired) electrons. The molecule has 0 atom stereocenters. The lowest BCUT2D eigenvalue weighted by Crippen LogP contribution is -2.08. The molecule has 0 aromatic carbocycles. The van der Waals surface area contributed by atoms with Crippen molar-refractivity contribution in [3.63, 3.8) is 0 Å². The summed E-state index contributed by atoms with van der Waals surface area (Å²) < 4.78 is 37.5. The predicted octanol–water partition coefficient (Wildman–Crippen LogP) is 1.43. The van der Waals surface area contributed by atoms with E-state index in [2.05, 4.69) is 4.98 Å². The van der Waals surface area contributed by atoms with Crippen molar-refractivity contribution in [3.05, 3.63) is 28.8 Å². The standard InChI is InChI=1S/C8H7F3N2O/c9-6-1-4(2-12)7(8(10)11)5(3-14)13-6/h1,3,8H,2,12H2. The first-order chi connectivity index (χ1) is 6.60. The third-order valence-electron chi connectivity index (χ3n) is 1.69. The largest absolute Gasteiger partial charge is 0.326 e. The van der Waals surface area contributed by atoms with Gasteiger partial charge in [0.1, 0.15) is 5.69 Å². The Morgan fingerprint density at radius 2 is 2.21 bits per heavy atom. The lowest BCUT2D eigenvalue weighted by atomic mass is 10.1. The number of carbonyl (C=O) groups is 1. The molecule has 1 aromatic rings. The van der Waals surface area contributed by atoms with Crippen molar-refractivity contribution < 1.29 is 18.0 Å². The molecule has 6 heteroatoms. The highest BCUT2D eigenvalue weighted by atomic mass is 19.3. The molecular formula is C8H7F3N2O. The molecule has 0 unspecified atom stereocenters. The summed E-state index contributed by atoms with van der Waals surface area (Å²) in [7, 11) is 0. The van der Waals surface area contributed by atoms with Gasteiger partial charge in [-0.25, -0.2) is 13.8 Å². The van der Waals surface area contributed by atoms with E-state index in [9.17, 15) is 18.0 Å². The molecule has 0 amide bonds. The highest BCUT2D eigenvalue weighted by molar-refractivity contribution is 5.75. The van der Waals surface area contributed by atoms with Crippen LogP contribution in [0.2, 0.25) is 0 Å². The first kappa shape index (κ1) is 10.6. The third kappa shape index (κ3) is 1.90. The molecule has 0 aliphatic rings. The first-order valence-corrected chi connectivity index (χ1v) is 3.72. The van der Waals surface area contributed by atoms with E-state index in [0.717, 1.165) is 6.07 Å². The van der Waals surface area contributed by atoms with Crippen LogP contribution in [0.1, 0.15) is 28.0 Å². The van der Waals surface area contributed by atoms with Crippen LogP contribution < -0.4 is 5.73 Å². The normalized spacial score (nSPS) is 10.6. The van der Waals surface area contributed by atoms with E-state index in [1.807, 2.05) is 0 Å². The Bertz CT molecular complexity index is 355. The molecule has 0 spiro atoms. The van der Waals surface area contributed by atoms with Crippen LogP contribution in [0.3, 0.4) is 0 Å². The van der Waals surface area contributed by atoms with Crippen molar-refractivity contribution in [2.75, 3.05) is 0 Å². The maximum absolute atomic E-state index is 12.7. The molecule has 1 aromatic heterocycles. The predicted molar refractivity (Wildman–Crippen MR) is 42.4 cm³/mol. The van der Waals surface area contributed by atoms with Gasteiger partial charge in [-0.1, -0.05) is 0 Å². The van der Waals surface area contributed by atoms with E-state index in [-0.39, 0.29) is 18.4 Å². The van der Waals surface area contributed by atoms with Crippen LogP contribution in [-0.4, -0.2) is 11.3 Å². The highest BCUT2D eigenvalue weighted by Gasteiger charge is 2.19. The van der Waals surface area contributed by atoms with Gasteiger partial charge in [0.05, 0.1) is 5.56 Å². The Kier molecular flexibility index (Phi) is 3.19. The first-order valence-electron chi connectivity index (χ1n) is 3.72. The molecule has 76 valence electrons. The van der Waals surface area contributed by atoms with Gasteiger partial charge in [0.25, 0.3) is 6.43 Å². The van der Waals surface area contributed by atoms with Gasteiger partial charge in [0.2, 0.25) is 5.95 Å². The monoisotopic (exact) mass is 204 g/mol. The second-order valence-corrected chi connectivity index (χ2v) is 2.53. The molecule has 0 fully saturated rings. The van der Waals surface area contributed by atoms with Crippen LogP contribution in [0.25, 0.3) is 0 Å². The maximum atomic E-state index is 12.7. The van der Waals surface area contributed by atoms with E-state index in [1.165, 1.54) is 0 Å². The summed E-state index contributed by atoms with van der Waals surface area (Å²) in [5, 5.41) is 0. The second-order valence-electron chi connectivity index (χ2n) is 2.53. The number of nitrogens with two attached hydrogens (primary N) is 1. The van der Waals surface area contributed by atoms with Crippen molar-refractivity contribution >= 4 is 6.29 Å². The van der Waals surface area contributed by atoms with Gasteiger partial charge in [-0.3, -0.25) is 4.79 Å². The third-order valence-corrected chi connectivity index (χ3v) is 1.69. The molecule has 14 heavy (non-hydrogen) atoms. The number of nitrogens with zero attached hydrogens (tertiary/aromatic N) is 1. The fourth-order valence-electron chi connectivity index (χ4n) is 1.10. The zero-order chi connectivity index (χ0) is 10.7. The van der Waals surface area contributed by atoms with Gasteiger partial charge in [-0.15, -0.1) is 0 Å². The van der Waals surface area contributed by atoms with E-state index in [0.29, 0.717) is 0 Å². The smallest absolute Gasteiger partial charge is 0.266 e. The average molecular weight is 204 g/mol. The number of aromatic nitrogens is 1. The average Bonchev–Trinajstić information content (AvgIpc) is 2.15. The van der Waals surface area contributed by atoms with E-state index < -0.39 is 23.6 Å².